The molecule has 21 rings (SSSR count). The van der Waals surface area contributed by atoms with Crippen LogP contribution in [0.15, 0.2) is 0 Å². The molecular formula is C108H194O9. The van der Waals surface area contributed by atoms with E-state index in [1.807, 2.05) is 0 Å². The monoisotopic (exact) mass is 1640 g/mol. The molecule has 0 aromatic heterocycles. The van der Waals surface area contributed by atoms with Crippen molar-refractivity contribution in [1.82, 2.24) is 0 Å². The van der Waals surface area contributed by atoms with Gasteiger partial charge in [-0.25, -0.2) is 0 Å². The summed E-state index contributed by atoms with van der Waals surface area (Å²) in [6.07, 6.45) is 67.2. The number of ether oxygens (including phenoxy) is 9. The van der Waals surface area contributed by atoms with Gasteiger partial charge in [0.1, 0.15) is 0 Å². The van der Waals surface area contributed by atoms with Crippen LogP contribution >= 0.6 is 0 Å². The standard InChI is InChI=1S/C16H26O.2C14H26O.3C12H22O.C11H20O.C9H16O.C8H14O/c1-4-17-15-11-8-12(16(15,2)3)14-10-6-5-9(7-10)13(11)14;1-3-15-11-14(2)10-6-8-12-7-4-5-9-13(12)14;1-3-15-11-14(2)9-8-12-6-4-5-7-13(12)10-14;1-5-13-10-9-6-7-12(10,4)8-11(9,2)3;1-3-13-9-12(2)7-10-5-4-6-11(10)8-12;1-3-13-9-12(2)8-7-10-5-4-6-11(10)12;1-2-12-11-9-5-3-6-10(11)8-4-7-9;1-2-10-9-7-3-4-8(9)6-5-7;1-2-9-8-6-3-4-7(8)5-6/h9-15H,4-8H2,1-3H3;2*12-13H,3-11H2,1-2H3;9-10H,5-8H2,1-4H3;2*10-11H,3-9H2,1-2H3;9-11H,2-8H2,1H3;7-9H,2-6H2,1H3;6-8H,2-5H2,1H3. The third kappa shape index (κ3) is 23.0. The molecule has 0 spiro atoms. The van der Waals surface area contributed by atoms with Gasteiger partial charge in [-0.2, -0.15) is 0 Å². The maximum Gasteiger partial charge on any atom is 0.0661 e. The summed E-state index contributed by atoms with van der Waals surface area (Å²) in [5.74, 6) is 20.8. The minimum absolute atomic E-state index is 0.451. The van der Waals surface area contributed by atoms with Gasteiger partial charge in [-0.1, -0.05) is 165 Å². The molecule has 0 radical (unpaired) electrons. The largest absolute Gasteiger partial charge is 0.381 e. The smallest absolute Gasteiger partial charge is 0.0661 e. The highest BCUT2D eigenvalue weighted by molar-refractivity contribution is 5.17. The number of rotatable bonds is 22. The predicted molar refractivity (Wildman–Crippen MR) is 488 cm³/mol. The lowest BCUT2D eigenvalue weighted by Gasteiger charge is -2.48. The van der Waals surface area contributed by atoms with Crippen LogP contribution in [-0.2, 0) is 42.6 Å². The fourth-order valence-electron chi connectivity index (χ4n) is 33.2. The molecule has 0 amide bonds. The van der Waals surface area contributed by atoms with E-state index in [4.69, 9.17) is 42.6 Å². The van der Waals surface area contributed by atoms with E-state index in [1.54, 1.807) is 12.8 Å². The van der Waals surface area contributed by atoms with Crippen molar-refractivity contribution >= 4 is 0 Å². The Bertz CT molecular complexity index is 2770. The molecule has 0 saturated heterocycles. The van der Waals surface area contributed by atoms with E-state index in [0.29, 0.717) is 68.4 Å². The molecule has 680 valence electrons. The van der Waals surface area contributed by atoms with Crippen molar-refractivity contribution < 1.29 is 42.6 Å². The van der Waals surface area contributed by atoms with E-state index in [9.17, 15) is 0 Å². The van der Waals surface area contributed by atoms with Gasteiger partial charge in [0.25, 0.3) is 0 Å². The molecule has 23 atom stereocenters. The van der Waals surface area contributed by atoms with Crippen LogP contribution in [-0.4, -0.2) is 116 Å². The third-order valence-corrected chi connectivity index (χ3v) is 38.4. The highest BCUT2D eigenvalue weighted by Crippen LogP contribution is 2.73. The zero-order chi connectivity index (χ0) is 83.2. The highest BCUT2D eigenvalue weighted by Gasteiger charge is 2.69. The Hall–Kier alpha value is -0.360. The quantitative estimate of drug-likeness (QED) is 0.0985. The van der Waals surface area contributed by atoms with Gasteiger partial charge >= 0.3 is 0 Å². The fraction of sp³-hybridized carbons (Fsp3) is 1.00. The highest BCUT2D eigenvalue weighted by atomic mass is 16.5. The first-order valence-corrected chi connectivity index (χ1v) is 52.8. The summed E-state index contributed by atoms with van der Waals surface area (Å²) in [6, 6.07) is 0. The summed E-state index contributed by atoms with van der Waals surface area (Å²) in [4.78, 5) is 0. The van der Waals surface area contributed by atoms with Crippen LogP contribution in [0.1, 0.15) is 407 Å². The van der Waals surface area contributed by atoms with Crippen molar-refractivity contribution in [2.24, 2.45) is 162 Å². The Morgan fingerprint density at radius 1 is 0.248 bits per heavy atom. The molecule has 117 heavy (non-hydrogen) atoms. The van der Waals surface area contributed by atoms with Gasteiger partial charge in [-0.3, -0.25) is 0 Å². The molecule has 21 aliphatic carbocycles. The molecule has 21 aliphatic rings. The van der Waals surface area contributed by atoms with E-state index in [0.717, 1.165) is 210 Å². The van der Waals surface area contributed by atoms with Crippen LogP contribution in [0.2, 0.25) is 0 Å². The van der Waals surface area contributed by atoms with Crippen molar-refractivity contribution in [3.8, 4) is 0 Å². The summed E-state index contributed by atoms with van der Waals surface area (Å²) in [7, 11) is 0. The summed E-state index contributed by atoms with van der Waals surface area (Å²) >= 11 is 0. The molecule has 9 nitrogen and oxygen atoms in total. The van der Waals surface area contributed by atoms with E-state index in [1.165, 1.54) is 270 Å². The third-order valence-electron chi connectivity index (χ3n) is 38.4. The molecule has 23 unspecified atom stereocenters. The van der Waals surface area contributed by atoms with Gasteiger partial charge in [0.05, 0.1) is 56.9 Å². The van der Waals surface area contributed by atoms with E-state index in [-0.39, 0.29) is 0 Å². The van der Waals surface area contributed by atoms with Gasteiger partial charge < -0.3 is 42.6 Å². The van der Waals surface area contributed by atoms with Crippen LogP contribution in [0.3, 0.4) is 0 Å². The average Bonchev–Trinajstić information content (AvgIpc) is 1.52. The SMILES string of the molecule is CCOC1C2CC(C3C4CCC(C4)C23)C1(C)C.CCOC1C2CCC1(C)CC2(C)C.CCOC1C2CCC1C2.CCOC1C2CCC1CC2.CCOC1C2CCCC1CCC2.CCOCC1(C)CC2CCCC2C1.CCOCC1(C)CCC2CCCC21.CCOCC1(C)CCC2CCCCC2C1.CCOCC1(C)CCCC2CCCCC21. The van der Waals surface area contributed by atoms with Crippen LogP contribution in [0, 0.1) is 162 Å². The molecule has 0 N–H and O–H groups in total. The molecule has 0 heterocycles. The maximum absolute atomic E-state index is 6.17. The van der Waals surface area contributed by atoms with Crippen LogP contribution in [0.25, 0.3) is 0 Å². The molecule has 0 aromatic carbocycles. The summed E-state index contributed by atoms with van der Waals surface area (Å²) < 4.78 is 51.8. The molecule has 0 aromatic rings. The van der Waals surface area contributed by atoms with E-state index >= 15 is 0 Å². The zero-order valence-corrected chi connectivity index (χ0v) is 80.5. The summed E-state index contributed by atoms with van der Waals surface area (Å²) in [5, 5.41) is 0. The minimum atomic E-state index is 0.451. The first-order chi connectivity index (χ1) is 56.4. The molecule has 12 bridgehead atoms. The average molecular weight is 1640 g/mol. The van der Waals surface area contributed by atoms with Crippen molar-refractivity contribution in [3.63, 3.8) is 0 Å². The molecule has 9 heteroatoms. The van der Waals surface area contributed by atoms with Gasteiger partial charge in [0.2, 0.25) is 0 Å². The second-order valence-corrected chi connectivity index (χ2v) is 46.9. The number of hydrogen-bond acceptors (Lipinski definition) is 9. The number of fused-ring (bicyclic) bond motifs is 20. The lowest BCUT2D eigenvalue weighted by atomic mass is 9.58. The topological polar surface area (TPSA) is 83.1 Å². The van der Waals surface area contributed by atoms with Crippen LogP contribution in [0.4, 0.5) is 0 Å². The van der Waals surface area contributed by atoms with Crippen molar-refractivity contribution in [2.75, 3.05) is 85.9 Å². The number of hydrogen-bond donors (Lipinski definition) is 0. The van der Waals surface area contributed by atoms with Crippen LogP contribution < -0.4 is 0 Å². The Labute approximate surface area is 724 Å². The first kappa shape index (κ1) is 95.7. The van der Waals surface area contributed by atoms with Crippen LogP contribution in [0.5, 0.6) is 0 Å². The Balaban J connectivity index is 0.000000122. The van der Waals surface area contributed by atoms with Gasteiger partial charge in [-0.05, 0) is 404 Å². The minimum Gasteiger partial charge on any atom is -0.381 e. The Kier molecular flexibility index (Phi) is 36.1. The van der Waals surface area contributed by atoms with Gasteiger partial charge in [-0.15, -0.1) is 0 Å². The molecule has 0 aliphatic heterocycles. The lowest BCUT2D eigenvalue weighted by Crippen LogP contribution is -2.47. The second kappa shape index (κ2) is 44.1. The fourth-order valence-corrected chi connectivity index (χ4v) is 33.2. The van der Waals surface area contributed by atoms with Gasteiger partial charge in [0.15, 0.2) is 0 Å². The molecular weight excluding hydrogens is 1440 g/mol. The normalized spacial score (nSPS) is 45.6. The Morgan fingerprint density at radius 2 is 0.624 bits per heavy atom. The summed E-state index contributed by atoms with van der Waals surface area (Å²) in [6.45, 7) is 53.1. The first-order valence-electron chi connectivity index (χ1n) is 52.8. The van der Waals surface area contributed by atoms with Crippen molar-refractivity contribution in [3.05, 3.63) is 0 Å². The van der Waals surface area contributed by atoms with Gasteiger partial charge in [0, 0.05) is 59.5 Å². The molecule has 21 saturated carbocycles. The van der Waals surface area contributed by atoms with E-state index < -0.39 is 0 Å². The van der Waals surface area contributed by atoms with Crippen molar-refractivity contribution in [1.29, 1.82) is 0 Å². The maximum atomic E-state index is 6.17. The van der Waals surface area contributed by atoms with Crippen molar-refractivity contribution in [2.45, 2.75) is 438 Å². The second-order valence-electron chi connectivity index (χ2n) is 46.9. The predicted octanol–water partition coefficient (Wildman–Crippen LogP) is 28.5. The zero-order valence-electron chi connectivity index (χ0n) is 80.5. The van der Waals surface area contributed by atoms with E-state index in [2.05, 4.69) is 125 Å². The Morgan fingerprint density at radius 3 is 1.15 bits per heavy atom. The summed E-state index contributed by atoms with van der Waals surface area (Å²) in [5.41, 5.74) is 3.50. The lowest BCUT2D eigenvalue weighted by molar-refractivity contribution is -0.0980. The molecule has 21 fully saturated rings.